The molecule has 0 saturated carbocycles. The molecule has 1 fully saturated rings. The number of anilines is 1. The number of benzene rings is 1. The van der Waals surface area contributed by atoms with Crippen LogP contribution >= 0.6 is 23.7 Å². The second-order valence-electron chi connectivity index (χ2n) is 6.55. The van der Waals surface area contributed by atoms with E-state index in [1.165, 1.54) is 29.5 Å². The SMILES string of the molecule is Cc1cc(NC(=O)c2cccc(F)c2)sc1C(=O)NC1CCCNC1C.Cl. The number of carbonyl (C=O) groups is 2. The summed E-state index contributed by atoms with van der Waals surface area (Å²) >= 11 is 1.23. The number of rotatable bonds is 4. The van der Waals surface area contributed by atoms with Crippen LogP contribution in [0.25, 0.3) is 0 Å². The molecule has 146 valence electrons. The number of aryl methyl sites for hydroxylation is 1. The molecule has 0 bridgehead atoms. The molecule has 1 aromatic carbocycles. The lowest BCUT2D eigenvalue weighted by Crippen LogP contribution is -2.51. The van der Waals surface area contributed by atoms with Crippen LogP contribution in [0, 0.1) is 12.7 Å². The largest absolute Gasteiger partial charge is 0.347 e. The molecule has 27 heavy (non-hydrogen) atoms. The Hall–Kier alpha value is -1.96. The number of hydrogen-bond acceptors (Lipinski definition) is 4. The van der Waals surface area contributed by atoms with Crippen LogP contribution < -0.4 is 16.0 Å². The molecule has 1 aromatic heterocycles. The summed E-state index contributed by atoms with van der Waals surface area (Å²) in [6, 6.07) is 7.60. The molecular formula is C19H23ClFN3O2S. The molecule has 0 spiro atoms. The Labute approximate surface area is 168 Å². The van der Waals surface area contributed by atoms with Gasteiger partial charge in [-0.15, -0.1) is 23.7 Å². The summed E-state index contributed by atoms with van der Waals surface area (Å²) in [4.78, 5) is 25.4. The average molecular weight is 412 g/mol. The van der Waals surface area contributed by atoms with Gasteiger partial charge >= 0.3 is 0 Å². The zero-order valence-corrected chi connectivity index (χ0v) is 16.8. The molecule has 2 aromatic rings. The summed E-state index contributed by atoms with van der Waals surface area (Å²) in [7, 11) is 0. The lowest BCUT2D eigenvalue weighted by molar-refractivity contribution is 0.0922. The monoisotopic (exact) mass is 411 g/mol. The first-order chi connectivity index (χ1) is 12.4. The van der Waals surface area contributed by atoms with Gasteiger partial charge in [0.2, 0.25) is 0 Å². The Kier molecular flexibility index (Phi) is 7.35. The van der Waals surface area contributed by atoms with Crippen molar-refractivity contribution in [3.63, 3.8) is 0 Å². The number of thiophene rings is 1. The number of nitrogens with one attached hydrogen (secondary N) is 3. The van der Waals surface area contributed by atoms with Crippen LogP contribution in [0.2, 0.25) is 0 Å². The van der Waals surface area contributed by atoms with Crippen molar-refractivity contribution in [1.82, 2.24) is 10.6 Å². The molecular weight excluding hydrogens is 389 g/mol. The van der Waals surface area contributed by atoms with Crippen molar-refractivity contribution in [1.29, 1.82) is 0 Å². The van der Waals surface area contributed by atoms with Gasteiger partial charge < -0.3 is 16.0 Å². The number of amides is 2. The highest BCUT2D eigenvalue weighted by molar-refractivity contribution is 7.18. The maximum Gasteiger partial charge on any atom is 0.261 e. The summed E-state index contributed by atoms with van der Waals surface area (Å²) in [5.41, 5.74) is 1.04. The number of hydrogen-bond donors (Lipinski definition) is 3. The smallest absolute Gasteiger partial charge is 0.261 e. The average Bonchev–Trinajstić information content (AvgIpc) is 2.97. The second-order valence-corrected chi connectivity index (χ2v) is 7.60. The van der Waals surface area contributed by atoms with Gasteiger partial charge in [0.05, 0.1) is 9.88 Å². The van der Waals surface area contributed by atoms with Crippen molar-refractivity contribution < 1.29 is 14.0 Å². The van der Waals surface area contributed by atoms with Gasteiger partial charge in [0, 0.05) is 17.6 Å². The summed E-state index contributed by atoms with van der Waals surface area (Å²) < 4.78 is 13.3. The van der Waals surface area contributed by atoms with Gasteiger partial charge in [0.1, 0.15) is 5.82 Å². The summed E-state index contributed by atoms with van der Waals surface area (Å²) in [6.07, 6.45) is 1.99. The molecule has 2 amide bonds. The maximum atomic E-state index is 13.3. The number of piperidine rings is 1. The normalized spacial score (nSPS) is 19.1. The molecule has 3 N–H and O–H groups in total. The highest BCUT2D eigenvalue weighted by atomic mass is 35.5. The van der Waals surface area contributed by atoms with Crippen LogP contribution in [-0.2, 0) is 0 Å². The first kappa shape index (κ1) is 21.3. The minimum atomic E-state index is -0.463. The van der Waals surface area contributed by atoms with Gasteiger partial charge in [-0.2, -0.15) is 0 Å². The van der Waals surface area contributed by atoms with Crippen LogP contribution in [0.4, 0.5) is 9.39 Å². The van der Waals surface area contributed by atoms with Gasteiger partial charge in [0.25, 0.3) is 11.8 Å². The van der Waals surface area contributed by atoms with E-state index < -0.39 is 11.7 Å². The van der Waals surface area contributed by atoms with E-state index in [4.69, 9.17) is 0 Å². The third-order valence-corrected chi connectivity index (χ3v) is 5.68. The van der Waals surface area contributed by atoms with Crippen molar-refractivity contribution in [3.05, 3.63) is 52.2 Å². The predicted molar refractivity (Wildman–Crippen MR) is 109 cm³/mol. The van der Waals surface area contributed by atoms with Crippen LogP contribution in [0.1, 0.15) is 45.4 Å². The fourth-order valence-corrected chi connectivity index (χ4v) is 4.03. The van der Waals surface area contributed by atoms with E-state index in [0.29, 0.717) is 9.88 Å². The molecule has 8 heteroatoms. The summed E-state index contributed by atoms with van der Waals surface area (Å²) in [5.74, 6) is -0.989. The highest BCUT2D eigenvalue weighted by Gasteiger charge is 2.24. The van der Waals surface area contributed by atoms with Gasteiger partial charge in [-0.1, -0.05) is 6.07 Å². The molecule has 1 aliphatic rings. The minimum Gasteiger partial charge on any atom is -0.347 e. The van der Waals surface area contributed by atoms with E-state index in [9.17, 15) is 14.0 Å². The number of halogens is 2. The lowest BCUT2D eigenvalue weighted by atomic mass is 10.00. The fourth-order valence-electron chi connectivity index (χ4n) is 3.06. The fraction of sp³-hybridized carbons (Fsp3) is 0.368. The number of carbonyl (C=O) groups excluding carboxylic acids is 2. The topological polar surface area (TPSA) is 70.2 Å². The predicted octanol–water partition coefficient (Wildman–Crippen LogP) is 3.74. The maximum absolute atomic E-state index is 13.3. The molecule has 0 radical (unpaired) electrons. The lowest BCUT2D eigenvalue weighted by Gasteiger charge is -2.30. The van der Waals surface area contributed by atoms with E-state index >= 15 is 0 Å². The molecule has 2 heterocycles. The minimum absolute atomic E-state index is 0. The van der Waals surface area contributed by atoms with Crippen molar-refractivity contribution in [3.8, 4) is 0 Å². The quantitative estimate of drug-likeness (QED) is 0.717. The van der Waals surface area contributed by atoms with Crippen LogP contribution in [0.5, 0.6) is 0 Å². The highest BCUT2D eigenvalue weighted by Crippen LogP contribution is 2.27. The Balaban J connectivity index is 0.00000261. The zero-order chi connectivity index (χ0) is 18.7. The van der Waals surface area contributed by atoms with Crippen molar-refractivity contribution in [2.24, 2.45) is 0 Å². The van der Waals surface area contributed by atoms with Crippen molar-refractivity contribution in [2.45, 2.75) is 38.8 Å². The Morgan fingerprint density at radius 1 is 1.26 bits per heavy atom. The summed E-state index contributed by atoms with van der Waals surface area (Å²) in [6.45, 7) is 4.88. The zero-order valence-electron chi connectivity index (χ0n) is 15.2. The first-order valence-electron chi connectivity index (χ1n) is 8.65. The Morgan fingerprint density at radius 2 is 2.04 bits per heavy atom. The molecule has 0 aliphatic carbocycles. The van der Waals surface area contributed by atoms with Gasteiger partial charge in [-0.3, -0.25) is 9.59 Å². The van der Waals surface area contributed by atoms with Crippen molar-refractivity contribution >= 4 is 40.6 Å². The molecule has 1 saturated heterocycles. The van der Waals surface area contributed by atoms with Gasteiger partial charge in [-0.05, 0) is 63.1 Å². The Bertz CT molecular complexity index is 827. The van der Waals surface area contributed by atoms with Crippen LogP contribution in [0.3, 0.4) is 0 Å². The molecule has 1 aliphatic heterocycles. The van der Waals surface area contributed by atoms with Crippen molar-refractivity contribution in [2.75, 3.05) is 11.9 Å². The van der Waals surface area contributed by atoms with E-state index in [1.54, 1.807) is 12.1 Å². The van der Waals surface area contributed by atoms with E-state index in [2.05, 4.69) is 22.9 Å². The molecule has 5 nitrogen and oxygen atoms in total. The Morgan fingerprint density at radius 3 is 2.74 bits per heavy atom. The standard InChI is InChI=1S/C19H22FN3O2S.ClH/c1-11-9-16(23-18(24)13-5-3-6-14(20)10-13)26-17(11)19(25)22-15-7-4-8-21-12(15)2;/h3,5-6,9-10,12,15,21H,4,7-8H2,1-2H3,(H,22,25)(H,23,24);1H. The van der Waals surface area contributed by atoms with E-state index in [0.717, 1.165) is 24.9 Å². The third-order valence-electron chi connectivity index (χ3n) is 4.53. The van der Waals surface area contributed by atoms with Crippen LogP contribution in [-0.4, -0.2) is 30.4 Å². The molecule has 3 rings (SSSR count). The first-order valence-corrected chi connectivity index (χ1v) is 9.47. The van der Waals surface area contributed by atoms with Gasteiger partial charge in [-0.25, -0.2) is 4.39 Å². The molecule has 2 atom stereocenters. The van der Waals surface area contributed by atoms with Crippen LogP contribution in [0.15, 0.2) is 30.3 Å². The molecule has 2 unspecified atom stereocenters. The summed E-state index contributed by atoms with van der Waals surface area (Å²) in [5, 5.41) is 9.74. The third kappa shape index (κ3) is 5.28. The van der Waals surface area contributed by atoms with Gasteiger partial charge in [0.15, 0.2) is 0 Å². The van der Waals surface area contributed by atoms with E-state index in [1.807, 2.05) is 6.92 Å². The van der Waals surface area contributed by atoms with E-state index in [-0.39, 0.29) is 36.0 Å². The second kappa shape index (κ2) is 9.30.